The van der Waals surface area contributed by atoms with Crippen molar-refractivity contribution in [3.8, 4) is 0 Å². The zero-order valence-electron chi connectivity index (χ0n) is 12.8. The SMILES string of the molecule is CCCn1ncnc1[C@H](C)NC(=O)c1cc(C)nc(C)n1. The average Bonchev–Trinajstić information content (AvgIpc) is 2.86. The fourth-order valence-corrected chi connectivity index (χ4v) is 2.16. The molecule has 0 saturated carbocycles. The molecule has 0 unspecified atom stereocenters. The van der Waals surface area contributed by atoms with Gasteiger partial charge in [-0.3, -0.25) is 4.79 Å². The molecule has 7 heteroatoms. The highest BCUT2D eigenvalue weighted by molar-refractivity contribution is 5.92. The number of amides is 1. The van der Waals surface area contributed by atoms with Crippen LogP contribution in [-0.2, 0) is 6.54 Å². The molecule has 21 heavy (non-hydrogen) atoms. The maximum Gasteiger partial charge on any atom is 0.270 e. The first-order valence-electron chi connectivity index (χ1n) is 7.02. The fourth-order valence-electron chi connectivity index (χ4n) is 2.16. The summed E-state index contributed by atoms with van der Waals surface area (Å²) in [7, 11) is 0. The van der Waals surface area contributed by atoms with E-state index in [4.69, 9.17) is 0 Å². The smallest absolute Gasteiger partial charge is 0.270 e. The van der Waals surface area contributed by atoms with Gasteiger partial charge in [0.2, 0.25) is 0 Å². The van der Waals surface area contributed by atoms with Gasteiger partial charge in [0.15, 0.2) is 0 Å². The van der Waals surface area contributed by atoms with Crippen molar-refractivity contribution >= 4 is 5.91 Å². The molecule has 2 aromatic rings. The van der Waals surface area contributed by atoms with Crippen LogP contribution in [0.5, 0.6) is 0 Å². The molecule has 1 N–H and O–H groups in total. The Morgan fingerprint density at radius 1 is 1.38 bits per heavy atom. The Kier molecular flexibility index (Phi) is 4.62. The van der Waals surface area contributed by atoms with E-state index in [-0.39, 0.29) is 11.9 Å². The van der Waals surface area contributed by atoms with Crippen molar-refractivity contribution in [1.29, 1.82) is 0 Å². The molecule has 7 nitrogen and oxygen atoms in total. The van der Waals surface area contributed by atoms with E-state index in [1.165, 1.54) is 6.33 Å². The quantitative estimate of drug-likeness (QED) is 0.903. The summed E-state index contributed by atoms with van der Waals surface area (Å²) in [5.41, 5.74) is 1.14. The van der Waals surface area contributed by atoms with Gasteiger partial charge in [-0.25, -0.2) is 19.6 Å². The van der Waals surface area contributed by atoms with Crippen LogP contribution in [0, 0.1) is 13.8 Å². The van der Waals surface area contributed by atoms with Gasteiger partial charge in [-0.2, -0.15) is 5.10 Å². The Bertz CT molecular complexity index is 616. The molecule has 1 atom stereocenters. The number of aryl methyl sites for hydroxylation is 3. The molecule has 0 aliphatic carbocycles. The number of carbonyl (C=O) groups is 1. The molecule has 0 fully saturated rings. The third kappa shape index (κ3) is 3.62. The van der Waals surface area contributed by atoms with Gasteiger partial charge in [-0.05, 0) is 33.3 Å². The summed E-state index contributed by atoms with van der Waals surface area (Å²) in [6.07, 6.45) is 2.47. The molecule has 2 aromatic heterocycles. The molecular formula is C14H20N6O. The zero-order valence-corrected chi connectivity index (χ0v) is 12.8. The number of carbonyl (C=O) groups excluding carboxylic acids is 1. The highest BCUT2D eigenvalue weighted by Crippen LogP contribution is 2.10. The number of hydrogen-bond donors (Lipinski definition) is 1. The monoisotopic (exact) mass is 288 g/mol. The van der Waals surface area contributed by atoms with Crippen molar-refractivity contribution in [3.05, 3.63) is 35.4 Å². The van der Waals surface area contributed by atoms with Crippen LogP contribution in [0.1, 0.15) is 54.1 Å². The Labute approximate surface area is 123 Å². The largest absolute Gasteiger partial charge is 0.341 e. The van der Waals surface area contributed by atoms with Crippen LogP contribution in [0.2, 0.25) is 0 Å². The lowest BCUT2D eigenvalue weighted by molar-refractivity contribution is 0.0931. The van der Waals surface area contributed by atoms with Crippen molar-refractivity contribution in [2.75, 3.05) is 0 Å². The molecule has 2 rings (SSSR count). The van der Waals surface area contributed by atoms with Crippen molar-refractivity contribution in [1.82, 2.24) is 30.0 Å². The van der Waals surface area contributed by atoms with E-state index >= 15 is 0 Å². The predicted octanol–water partition coefficient (Wildman–Crippen LogP) is 1.59. The molecule has 0 saturated heterocycles. The van der Waals surface area contributed by atoms with E-state index in [1.54, 1.807) is 17.7 Å². The molecule has 0 aromatic carbocycles. The molecule has 0 bridgehead atoms. The minimum Gasteiger partial charge on any atom is -0.341 e. The first-order chi connectivity index (χ1) is 10.0. The highest BCUT2D eigenvalue weighted by atomic mass is 16.1. The molecular weight excluding hydrogens is 268 g/mol. The number of hydrogen-bond acceptors (Lipinski definition) is 5. The maximum absolute atomic E-state index is 12.3. The summed E-state index contributed by atoms with van der Waals surface area (Å²) in [4.78, 5) is 24.8. The normalized spacial score (nSPS) is 12.2. The van der Waals surface area contributed by atoms with E-state index in [1.807, 2.05) is 13.8 Å². The maximum atomic E-state index is 12.3. The average molecular weight is 288 g/mol. The zero-order chi connectivity index (χ0) is 15.4. The summed E-state index contributed by atoms with van der Waals surface area (Å²) in [6.45, 7) is 8.34. The van der Waals surface area contributed by atoms with Crippen molar-refractivity contribution in [3.63, 3.8) is 0 Å². The molecule has 0 radical (unpaired) electrons. The second kappa shape index (κ2) is 6.43. The van der Waals surface area contributed by atoms with Crippen molar-refractivity contribution in [2.45, 2.75) is 46.7 Å². The van der Waals surface area contributed by atoms with Gasteiger partial charge >= 0.3 is 0 Å². The number of rotatable bonds is 5. The second-order valence-electron chi connectivity index (χ2n) is 4.98. The standard InChI is InChI=1S/C14H20N6O/c1-5-6-20-13(15-8-16-20)10(3)18-14(21)12-7-9(2)17-11(4)19-12/h7-8,10H,5-6H2,1-4H3,(H,18,21)/t10-/m0/s1. The van der Waals surface area contributed by atoms with Crippen LogP contribution in [0.4, 0.5) is 0 Å². The van der Waals surface area contributed by atoms with Crippen LogP contribution in [0.25, 0.3) is 0 Å². The minimum atomic E-state index is -0.234. The summed E-state index contributed by atoms with van der Waals surface area (Å²) in [5.74, 6) is 1.09. The molecule has 1 amide bonds. The Morgan fingerprint density at radius 2 is 2.14 bits per heavy atom. The lowest BCUT2D eigenvalue weighted by Gasteiger charge is -2.14. The van der Waals surface area contributed by atoms with Crippen LogP contribution in [-0.4, -0.2) is 30.6 Å². The van der Waals surface area contributed by atoms with Gasteiger partial charge in [0, 0.05) is 12.2 Å². The summed E-state index contributed by atoms with van der Waals surface area (Å²) in [5, 5.41) is 7.06. The Balaban J connectivity index is 2.13. The van der Waals surface area contributed by atoms with E-state index in [0.717, 1.165) is 24.5 Å². The molecule has 112 valence electrons. The van der Waals surface area contributed by atoms with E-state index < -0.39 is 0 Å². The molecule has 2 heterocycles. The summed E-state index contributed by atoms with van der Waals surface area (Å²) >= 11 is 0. The van der Waals surface area contributed by atoms with E-state index in [9.17, 15) is 4.79 Å². The van der Waals surface area contributed by atoms with Crippen molar-refractivity contribution < 1.29 is 4.79 Å². The highest BCUT2D eigenvalue weighted by Gasteiger charge is 2.17. The third-order valence-corrected chi connectivity index (χ3v) is 3.01. The van der Waals surface area contributed by atoms with Crippen molar-refractivity contribution in [2.24, 2.45) is 0 Å². The van der Waals surface area contributed by atoms with Gasteiger partial charge in [-0.1, -0.05) is 6.92 Å². The molecule has 0 aliphatic rings. The minimum absolute atomic E-state index is 0.234. The topological polar surface area (TPSA) is 85.6 Å². The second-order valence-corrected chi connectivity index (χ2v) is 4.98. The van der Waals surface area contributed by atoms with Gasteiger partial charge < -0.3 is 5.32 Å². The first kappa shape index (κ1) is 15.1. The summed E-state index contributed by atoms with van der Waals surface area (Å²) in [6, 6.07) is 1.44. The van der Waals surface area contributed by atoms with Gasteiger partial charge in [0.25, 0.3) is 5.91 Å². The van der Waals surface area contributed by atoms with Crippen LogP contribution in [0.3, 0.4) is 0 Å². The lowest BCUT2D eigenvalue weighted by Crippen LogP contribution is -2.30. The van der Waals surface area contributed by atoms with E-state index in [2.05, 4.69) is 32.3 Å². The van der Waals surface area contributed by atoms with Gasteiger partial charge in [-0.15, -0.1) is 0 Å². The molecule has 0 aliphatic heterocycles. The van der Waals surface area contributed by atoms with Gasteiger partial charge in [0.05, 0.1) is 6.04 Å². The molecule has 0 spiro atoms. The van der Waals surface area contributed by atoms with Crippen LogP contribution in [0.15, 0.2) is 12.4 Å². The number of nitrogens with one attached hydrogen (secondary N) is 1. The summed E-state index contributed by atoms with van der Waals surface area (Å²) < 4.78 is 1.81. The fraction of sp³-hybridized carbons (Fsp3) is 0.500. The van der Waals surface area contributed by atoms with Crippen LogP contribution < -0.4 is 5.32 Å². The lowest BCUT2D eigenvalue weighted by atomic mass is 10.2. The van der Waals surface area contributed by atoms with Crippen LogP contribution >= 0.6 is 0 Å². The first-order valence-corrected chi connectivity index (χ1v) is 7.02. The van der Waals surface area contributed by atoms with Gasteiger partial charge in [0.1, 0.15) is 23.7 Å². The predicted molar refractivity (Wildman–Crippen MR) is 77.7 cm³/mol. The number of aromatic nitrogens is 5. The Morgan fingerprint density at radius 3 is 2.81 bits per heavy atom. The third-order valence-electron chi connectivity index (χ3n) is 3.01. The number of nitrogens with zero attached hydrogens (tertiary/aromatic N) is 5. The van der Waals surface area contributed by atoms with E-state index in [0.29, 0.717) is 11.5 Å². The Hall–Kier alpha value is -2.31.